The van der Waals surface area contributed by atoms with Crippen molar-refractivity contribution in [1.82, 2.24) is 20.4 Å². The van der Waals surface area contributed by atoms with Crippen LogP contribution in [0.2, 0.25) is 0 Å². The summed E-state index contributed by atoms with van der Waals surface area (Å²) in [6.45, 7) is 11.5. The van der Waals surface area contributed by atoms with Crippen LogP contribution in [0.4, 0.5) is 0 Å². The van der Waals surface area contributed by atoms with Crippen molar-refractivity contribution in [2.75, 3.05) is 26.2 Å². The van der Waals surface area contributed by atoms with Gasteiger partial charge in [0.05, 0.1) is 18.9 Å². The SMILES string of the molecule is CC(C)(C)c1[nH]ncc1CNC[C@@H]1CN(C2CC2)CCO1. The molecule has 5 nitrogen and oxygen atoms in total. The van der Waals surface area contributed by atoms with Crippen molar-refractivity contribution in [3.05, 3.63) is 17.5 Å². The van der Waals surface area contributed by atoms with E-state index in [1.54, 1.807) is 0 Å². The Morgan fingerprint density at radius 2 is 2.24 bits per heavy atom. The molecule has 1 aliphatic carbocycles. The molecule has 118 valence electrons. The van der Waals surface area contributed by atoms with Crippen LogP contribution >= 0.6 is 0 Å². The van der Waals surface area contributed by atoms with Crippen molar-refractivity contribution < 1.29 is 4.74 Å². The number of nitrogens with one attached hydrogen (secondary N) is 2. The first kappa shape index (κ1) is 15.0. The highest BCUT2D eigenvalue weighted by Gasteiger charge is 2.32. The van der Waals surface area contributed by atoms with Crippen molar-refractivity contribution in [3.8, 4) is 0 Å². The number of hydrogen-bond acceptors (Lipinski definition) is 4. The highest BCUT2D eigenvalue weighted by atomic mass is 16.5. The van der Waals surface area contributed by atoms with Crippen molar-refractivity contribution in [3.63, 3.8) is 0 Å². The van der Waals surface area contributed by atoms with E-state index in [2.05, 4.69) is 41.2 Å². The molecule has 5 heteroatoms. The van der Waals surface area contributed by atoms with Crippen LogP contribution in [-0.4, -0.2) is 53.5 Å². The van der Waals surface area contributed by atoms with Gasteiger partial charge in [-0.1, -0.05) is 20.8 Å². The number of hydrogen-bond donors (Lipinski definition) is 2. The molecule has 0 aromatic carbocycles. The van der Waals surface area contributed by atoms with E-state index >= 15 is 0 Å². The van der Waals surface area contributed by atoms with Gasteiger partial charge in [0.1, 0.15) is 0 Å². The fraction of sp³-hybridized carbons (Fsp3) is 0.812. The maximum Gasteiger partial charge on any atom is 0.0826 e. The highest BCUT2D eigenvalue weighted by Crippen LogP contribution is 2.28. The zero-order valence-electron chi connectivity index (χ0n) is 13.5. The molecular weight excluding hydrogens is 264 g/mol. The number of H-pyrrole nitrogens is 1. The Bertz CT molecular complexity index is 461. The standard InChI is InChI=1S/C16H28N4O/c1-16(2,3)15-12(9-18-19-15)8-17-10-14-11-20(6-7-21-14)13-4-5-13/h9,13-14,17H,4-8,10-11H2,1-3H3,(H,18,19)/t14-/m1/s1. The van der Waals surface area contributed by atoms with Crippen LogP contribution in [0.3, 0.4) is 0 Å². The molecule has 1 aromatic rings. The number of ether oxygens (including phenoxy) is 1. The van der Waals surface area contributed by atoms with Crippen LogP contribution in [0.5, 0.6) is 0 Å². The molecule has 0 unspecified atom stereocenters. The molecule has 0 radical (unpaired) electrons. The Labute approximate surface area is 127 Å². The van der Waals surface area contributed by atoms with Gasteiger partial charge in [0.25, 0.3) is 0 Å². The molecule has 2 fully saturated rings. The Morgan fingerprint density at radius 1 is 1.43 bits per heavy atom. The number of aromatic amines is 1. The van der Waals surface area contributed by atoms with E-state index in [4.69, 9.17) is 4.74 Å². The largest absolute Gasteiger partial charge is 0.374 e. The summed E-state index contributed by atoms with van der Waals surface area (Å²) in [7, 11) is 0. The van der Waals surface area contributed by atoms with Crippen LogP contribution in [0.15, 0.2) is 6.20 Å². The number of aromatic nitrogens is 2. The number of nitrogens with zero attached hydrogens (tertiary/aromatic N) is 2. The molecule has 1 aromatic heterocycles. The number of morpholine rings is 1. The lowest BCUT2D eigenvalue weighted by Crippen LogP contribution is -2.47. The van der Waals surface area contributed by atoms with Crippen LogP contribution in [-0.2, 0) is 16.7 Å². The molecule has 0 bridgehead atoms. The summed E-state index contributed by atoms with van der Waals surface area (Å²) in [6, 6.07) is 0.845. The average molecular weight is 292 g/mol. The van der Waals surface area contributed by atoms with Gasteiger partial charge in [0, 0.05) is 48.9 Å². The van der Waals surface area contributed by atoms with Gasteiger partial charge in [-0.15, -0.1) is 0 Å². The lowest BCUT2D eigenvalue weighted by Gasteiger charge is -2.33. The summed E-state index contributed by atoms with van der Waals surface area (Å²) < 4.78 is 5.88. The first-order valence-corrected chi connectivity index (χ1v) is 8.13. The summed E-state index contributed by atoms with van der Waals surface area (Å²) in [5, 5.41) is 10.9. The smallest absolute Gasteiger partial charge is 0.0826 e. The maximum atomic E-state index is 5.88. The topological polar surface area (TPSA) is 53.2 Å². The first-order valence-electron chi connectivity index (χ1n) is 8.13. The molecule has 2 aliphatic rings. The summed E-state index contributed by atoms with van der Waals surface area (Å²) in [5.74, 6) is 0. The minimum Gasteiger partial charge on any atom is -0.374 e. The molecule has 21 heavy (non-hydrogen) atoms. The summed E-state index contributed by atoms with van der Waals surface area (Å²) in [5.41, 5.74) is 2.59. The van der Waals surface area contributed by atoms with Gasteiger partial charge in [-0.2, -0.15) is 5.10 Å². The van der Waals surface area contributed by atoms with E-state index < -0.39 is 0 Å². The predicted octanol–water partition coefficient (Wildman–Crippen LogP) is 1.66. The van der Waals surface area contributed by atoms with E-state index in [1.807, 2.05) is 6.20 Å². The van der Waals surface area contributed by atoms with E-state index in [9.17, 15) is 0 Å². The minimum atomic E-state index is 0.109. The summed E-state index contributed by atoms with van der Waals surface area (Å²) >= 11 is 0. The van der Waals surface area contributed by atoms with Gasteiger partial charge in [0.15, 0.2) is 0 Å². The second-order valence-electron chi connectivity index (χ2n) is 7.37. The zero-order valence-corrected chi connectivity index (χ0v) is 13.5. The monoisotopic (exact) mass is 292 g/mol. The van der Waals surface area contributed by atoms with Crippen molar-refractivity contribution in [1.29, 1.82) is 0 Å². The zero-order chi connectivity index (χ0) is 14.9. The fourth-order valence-electron chi connectivity index (χ4n) is 3.10. The molecule has 2 heterocycles. The Morgan fingerprint density at radius 3 is 2.95 bits per heavy atom. The second-order valence-corrected chi connectivity index (χ2v) is 7.37. The predicted molar refractivity (Wildman–Crippen MR) is 83.3 cm³/mol. The average Bonchev–Trinajstić information content (AvgIpc) is 3.17. The molecule has 3 rings (SSSR count). The molecule has 1 aliphatic heterocycles. The molecule has 0 spiro atoms. The third-order valence-electron chi connectivity index (χ3n) is 4.39. The van der Waals surface area contributed by atoms with Crippen molar-refractivity contribution >= 4 is 0 Å². The Balaban J connectivity index is 1.46. The highest BCUT2D eigenvalue weighted by molar-refractivity contribution is 5.23. The Hall–Kier alpha value is -0.910. The van der Waals surface area contributed by atoms with Crippen LogP contribution in [0.25, 0.3) is 0 Å². The Kier molecular flexibility index (Phi) is 4.33. The lowest BCUT2D eigenvalue weighted by atomic mass is 9.89. The van der Waals surface area contributed by atoms with Gasteiger partial charge >= 0.3 is 0 Å². The molecule has 1 saturated heterocycles. The van der Waals surface area contributed by atoms with Crippen molar-refractivity contribution in [2.24, 2.45) is 0 Å². The molecule has 0 amide bonds. The first-order chi connectivity index (χ1) is 10.0. The minimum absolute atomic E-state index is 0.109. The van der Waals surface area contributed by atoms with Crippen molar-refractivity contribution in [2.45, 2.75) is 57.7 Å². The third-order valence-corrected chi connectivity index (χ3v) is 4.39. The van der Waals surface area contributed by atoms with Gasteiger partial charge < -0.3 is 10.1 Å². The molecule has 1 saturated carbocycles. The summed E-state index contributed by atoms with van der Waals surface area (Å²) in [4.78, 5) is 2.59. The molecule has 1 atom stereocenters. The fourth-order valence-corrected chi connectivity index (χ4v) is 3.10. The van der Waals surface area contributed by atoms with Gasteiger partial charge in [-0.05, 0) is 12.8 Å². The maximum absolute atomic E-state index is 5.88. The third kappa shape index (κ3) is 3.84. The van der Waals surface area contributed by atoms with Gasteiger partial charge in [-0.3, -0.25) is 10.00 Å². The van der Waals surface area contributed by atoms with E-state index in [0.717, 1.165) is 38.8 Å². The van der Waals surface area contributed by atoms with Crippen LogP contribution < -0.4 is 5.32 Å². The van der Waals surface area contributed by atoms with E-state index in [-0.39, 0.29) is 5.41 Å². The molecule has 2 N–H and O–H groups in total. The van der Waals surface area contributed by atoms with E-state index in [0.29, 0.717) is 6.10 Å². The van der Waals surface area contributed by atoms with E-state index in [1.165, 1.54) is 24.1 Å². The van der Waals surface area contributed by atoms with Gasteiger partial charge in [-0.25, -0.2) is 0 Å². The number of rotatable bonds is 5. The lowest BCUT2D eigenvalue weighted by molar-refractivity contribution is -0.0301. The van der Waals surface area contributed by atoms with Crippen LogP contribution in [0.1, 0.15) is 44.9 Å². The normalized spacial score (nSPS) is 24.4. The van der Waals surface area contributed by atoms with Gasteiger partial charge in [0.2, 0.25) is 0 Å². The summed E-state index contributed by atoms with van der Waals surface area (Å²) in [6.07, 6.45) is 5.02. The van der Waals surface area contributed by atoms with Crippen LogP contribution in [0, 0.1) is 0 Å². The quantitative estimate of drug-likeness (QED) is 0.866. The second kappa shape index (κ2) is 6.07. The molecular formula is C16H28N4O.